The molecule has 0 aliphatic carbocycles. The van der Waals surface area contributed by atoms with Gasteiger partial charge in [-0.15, -0.1) is 11.3 Å². The first-order valence-electron chi connectivity index (χ1n) is 7.62. The molecule has 134 valence electrons. The Bertz CT molecular complexity index is 1150. The van der Waals surface area contributed by atoms with E-state index in [0.717, 1.165) is 12.7 Å². The van der Waals surface area contributed by atoms with Crippen molar-refractivity contribution in [1.82, 2.24) is 0 Å². The lowest BCUT2D eigenvalue weighted by Gasteiger charge is -2.05. The van der Waals surface area contributed by atoms with Crippen LogP contribution in [0.5, 0.6) is 5.75 Å². The van der Waals surface area contributed by atoms with Gasteiger partial charge in [-0.05, 0) is 35.4 Å². The fourth-order valence-corrected chi connectivity index (χ4v) is 3.79. The third-order valence-electron chi connectivity index (χ3n) is 3.79. The van der Waals surface area contributed by atoms with Crippen molar-refractivity contribution >= 4 is 41.9 Å². The Morgan fingerprint density at radius 3 is 2.15 bits per heavy atom. The Labute approximate surface area is 155 Å². The van der Waals surface area contributed by atoms with Gasteiger partial charge in [-0.1, -0.05) is 42.5 Å². The maximum atomic E-state index is 9.45. The molecule has 2 N–H and O–H groups in total. The summed E-state index contributed by atoms with van der Waals surface area (Å²) in [5.41, 5.74) is 2.36. The van der Waals surface area contributed by atoms with Crippen molar-refractivity contribution in [2.24, 2.45) is 0 Å². The van der Waals surface area contributed by atoms with Crippen LogP contribution in [0.4, 0.5) is 0 Å². The largest absolute Gasteiger partial charge is 0.508 e. The Hall–Kier alpha value is -2.45. The lowest BCUT2D eigenvalue weighted by Crippen LogP contribution is -1.96. The summed E-state index contributed by atoms with van der Waals surface area (Å²) in [5, 5.41) is 12.1. The van der Waals surface area contributed by atoms with Gasteiger partial charge >= 0.3 is 10.4 Å². The number of phenolic OH excluding ortho intramolecular Hbond substituents is 1. The van der Waals surface area contributed by atoms with Crippen LogP contribution in [0.2, 0.25) is 0 Å². The summed E-state index contributed by atoms with van der Waals surface area (Å²) in [5.74, 6) is 0.302. The van der Waals surface area contributed by atoms with Gasteiger partial charge in [-0.2, -0.15) is 8.42 Å². The minimum absolute atomic E-state index is 0.302. The van der Waals surface area contributed by atoms with E-state index in [2.05, 4.69) is 46.6 Å². The molecule has 1 heterocycles. The molecule has 5 nitrogen and oxygen atoms in total. The number of aromatic hydroxyl groups is 1. The van der Waals surface area contributed by atoms with Crippen LogP contribution in [0.25, 0.3) is 31.3 Å². The Balaban J connectivity index is 0.000000286. The first-order chi connectivity index (χ1) is 12.4. The lowest BCUT2D eigenvalue weighted by atomic mass is 9.99. The van der Waals surface area contributed by atoms with Crippen LogP contribution in [0.1, 0.15) is 0 Å². The van der Waals surface area contributed by atoms with E-state index < -0.39 is 10.4 Å². The van der Waals surface area contributed by atoms with Gasteiger partial charge in [0.15, 0.2) is 0 Å². The van der Waals surface area contributed by atoms with Crippen LogP contribution in [-0.4, -0.2) is 25.2 Å². The highest BCUT2D eigenvalue weighted by molar-refractivity contribution is 7.80. The first-order valence-corrected chi connectivity index (χ1v) is 9.80. The van der Waals surface area contributed by atoms with Crippen LogP contribution in [-0.2, 0) is 14.6 Å². The maximum Gasteiger partial charge on any atom is 0.397 e. The minimum atomic E-state index is -4.16. The molecule has 0 fully saturated rings. The fraction of sp³-hybridized carbons (Fsp3) is 0.0526. The normalized spacial score (nSPS) is 11.3. The lowest BCUT2D eigenvalue weighted by molar-refractivity contribution is 0.324. The van der Waals surface area contributed by atoms with Crippen molar-refractivity contribution < 1.29 is 22.3 Å². The maximum absolute atomic E-state index is 9.45. The van der Waals surface area contributed by atoms with Gasteiger partial charge in [0.2, 0.25) is 0 Å². The standard InChI is InChI=1S/C18H12OS.CH4O4S/c19-13-10-8-12(9-11-13)14-5-3-7-17-18(14)15-4-1-2-6-16(15)20-17;1-5-6(2,3)4/h1-11,19H;1H3,(H,2,3,4). The number of thiophene rings is 1. The van der Waals surface area contributed by atoms with Crippen molar-refractivity contribution in [2.75, 3.05) is 7.11 Å². The van der Waals surface area contributed by atoms with Crippen molar-refractivity contribution in [3.8, 4) is 16.9 Å². The van der Waals surface area contributed by atoms with E-state index in [1.165, 1.54) is 25.7 Å². The Kier molecular flexibility index (Phi) is 5.24. The molecule has 26 heavy (non-hydrogen) atoms. The number of rotatable bonds is 2. The molecule has 4 rings (SSSR count). The van der Waals surface area contributed by atoms with E-state index in [1.54, 1.807) is 12.1 Å². The monoisotopic (exact) mass is 388 g/mol. The van der Waals surface area contributed by atoms with Crippen molar-refractivity contribution in [2.45, 2.75) is 0 Å². The summed E-state index contributed by atoms with van der Waals surface area (Å²) in [6.45, 7) is 0. The van der Waals surface area contributed by atoms with Gasteiger partial charge in [0.05, 0.1) is 7.11 Å². The highest BCUT2D eigenvalue weighted by Crippen LogP contribution is 2.39. The fourth-order valence-electron chi connectivity index (χ4n) is 2.66. The summed E-state index contributed by atoms with van der Waals surface area (Å²) in [6, 6.07) is 22.3. The number of fused-ring (bicyclic) bond motifs is 3. The molecule has 0 radical (unpaired) electrons. The van der Waals surface area contributed by atoms with Crippen molar-refractivity contribution in [3.63, 3.8) is 0 Å². The molecule has 0 bridgehead atoms. The molecular weight excluding hydrogens is 372 g/mol. The van der Waals surface area contributed by atoms with Crippen LogP contribution < -0.4 is 0 Å². The van der Waals surface area contributed by atoms with Crippen LogP contribution in [0.15, 0.2) is 66.7 Å². The first kappa shape index (κ1) is 18.3. The van der Waals surface area contributed by atoms with Crippen LogP contribution in [0.3, 0.4) is 0 Å². The van der Waals surface area contributed by atoms with E-state index in [4.69, 9.17) is 4.55 Å². The summed E-state index contributed by atoms with van der Waals surface area (Å²) < 4.78 is 32.3. The van der Waals surface area contributed by atoms with Gasteiger partial charge in [-0.3, -0.25) is 8.74 Å². The van der Waals surface area contributed by atoms with E-state index in [1.807, 2.05) is 23.5 Å². The second kappa shape index (κ2) is 7.43. The van der Waals surface area contributed by atoms with Gasteiger partial charge in [0.25, 0.3) is 0 Å². The topological polar surface area (TPSA) is 83.8 Å². The summed E-state index contributed by atoms with van der Waals surface area (Å²) >= 11 is 1.82. The third-order valence-corrected chi connectivity index (χ3v) is 5.35. The molecular formula is C19H16O5S2. The molecule has 0 atom stereocenters. The second-order valence-corrected chi connectivity index (χ2v) is 7.69. The molecule has 0 amide bonds. The molecule has 0 aliphatic heterocycles. The molecule has 0 saturated heterocycles. The molecule has 0 spiro atoms. The smallest absolute Gasteiger partial charge is 0.397 e. The van der Waals surface area contributed by atoms with E-state index in [0.29, 0.717) is 5.75 Å². The average Bonchev–Trinajstić information content (AvgIpc) is 3.01. The van der Waals surface area contributed by atoms with Gasteiger partial charge in [-0.25, -0.2) is 0 Å². The zero-order chi connectivity index (χ0) is 18.7. The molecule has 4 aromatic rings. The van der Waals surface area contributed by atoms with Crippen LogP contribution >= 0.6 is 11.3 Å². The Morgan fingerprint density at radius 1 is 0.885 bits per heavy atom. The zero-order valence-electron chi connectivity index (χ0n) is 13.8. The average molecular weight is 388 g/mol. The van der Waals surface area contributed by atoms with E-state index in [9.17, 15) is 13.5 Å². The van der Waals surface area contributed by atoms with Gasteiger partial charge < -0.3 is 5.11 Å². The molecule has 7 heteroatoms. The third kappa shape index (κ3) is 4.03. The summed E-state index contributed by atoms with van der Waals surface area (Å²) in [4.78, 5) is 0. The summed E-state index contributed by atoms with van der Waals surface area (Å²) in [7, 11) is -3.29. The summed E-state index contributed by atoms with van der Waals surface area (Å²) in [6.07, 6.45) is 0. The zero-order valence-corrected chi connectivity index (χ0v) is 15.4. The molecule has 3 aromatic carbocycles. The molecule has 0 unspecified atom stereocenters. The number of hydrogen-bond donors (Lipinski definition) is 2. The molecule has 0 saturated carbocycles. The quantitative estimate of drug-likeness (QED) is 0.479. The SMILES string of the molecule is COS(=O)(=O)O.Oc1ccc(-c2cccc3sc4ccccc4c23)cc1. The minimum Gasteiger partial charge on any atom is -0.508 e. The van der Waals surface area contributed by atoms with Crippen molar-refractivity contribution in [3.05, 3.63) is 66.7 Å². The van der Waals surface area contributed by atoms with E-state index >= 15 is 0 Å². The molecule has 1 aromatic heterocycles. The predicted molar refractivity (Wildman–Crippen MR) is 105 cm³/mol. The number of hydrogen-bond acceptors (Lipinski definition) is 5. The number of phenols is 1. The molecule has 0 aliphatic rings. The highest BCUT2D eigenvalue weighted by Gasteiger charge is 2.10. The second-order valence-electron chi connectivity index (χ2n) is 5.42. The van der Waals surface area contributed by atoms with Gasteiger partial charge in [0, 0.05) is 20.2 Å². The van der Waals surface area contributed by atoms with Crippen molar-refractivity contribution in [1.29, 1.82) is 0 Å². The number of benzene rings is 3. The van der Waals surface area contributed by atoms with Crippen LogP contribution in [0, 0.1) is 0 Å². The highest BCUT2D eigenvalue weighted by atomic mass is 32.3. The Morgan fingerprint density at radius 2 is 1.50 bits per heavy atom. The van der Waals surface area contributed by atoms with Gasteiger partial charge in [0.1, 0.15) is 5.75 Å². The predicted octanol–water partition coefficient (Wildman–Crippen LogP) is 4.86. The van der Waals surface area contributed by atoms with E-state index in [-0.39, 0.29) is 0 Å².